The van der Waals surface area contributed by atoms with Crippen molar-refractivity contribution in [1.82, 2.24) is 0 Å². The highest BCUT2D eigenvalue weighted by Crippen LogP contribution is 2.36. The van der Waals surface area contributed by atoms with E-state index in [0.717, 1.165) is 0 Å². The summed E-state index contributed by atoms with van der Waals surface area (Å²) in [5.74, 6) is 0. The van der Waals surface area contributed by atoms with Crippen molar-refractivity contribution in [3.8, 4) is 11.1 Å². The Hall–Kier alpha value is -1.64. The third-order valence-corrected chi connectivity index (χ3v) is 4.86. The van der Waals surface area contributed by atoms with E-state index >= 15 is 0 Å². The van der Waals surface area contributed by atoms with Crippen LogP contribution in [0.15, 0.2) is 57.9 Å². The average Bonchev–Trinajstić information content (AvgIpc) is 3.06. The van der Waals surface area contributed by atoms with E-state index in [1.807, 2.05) is 0 Å². The summed E-state index contributed by atoms with van der Waals surface area (Å²) in [6.07, 6.45) is 0. The van der Waals surface area contributed by atoms with Gasteiger partial charge in [0, 0.05) is 10.8 Å². The zero-order chi connectivity index (χ0) is 11.9. The molecule has 2 heteroatoms. The van der Waals surface area contributed by atoms with E-state index in [1.54, 1.807) is 22.7 Å². The lowest BCUT2D eigenvalue weighted by molar-refractivity contribution is 1.74. The monoisotopic (exact) mass is 266 g/mol. The Kier molecular flexibility index (Phi) is 2.25. The first-order valence-electron chi connectivity index (χ1n) is 5.84. The number of hydrogen-bond acceptors (Lipinski definition) is 2. The summed E-state index contributed by atoms with van der Waals surface area (Å²) in [4.78, 5) is 0. The maximum absolute atomic E-state index is 2.25. The van der Waals surface area contributed by atoms with Crippen LogP contribution in [0.25, 0.3) is 32.7 Å². The van der Waals surface area contributed by atoms with E-state index in [-0.39, 0.29) is 0 Å². The molecule has 0 N–H and O–H groups in total. The number of hydrogen-bond donors (Lipinski definition) is 0. The van der Waals surface area contributed by atoms with Crippen molar-refractivity contribution in [2.45, 2.75) is 0 Å². The van der Waals surface area contributed by atoms with Crippen LogP contribution in [-0.2, 0) is 0 Å². The van der Waals surface area contributed by atoms with Crippen LogP contribution in [0.2, 0.25) is 0 Å². The fourth-order valence-corrected chi connectivity index (χ4v) is 4.09. The van der Waals surface area contributed by atoms with Crippen molar-refractivity contribution in [2.24, 2.45) is 0 Å². The van der Waals surface area contributed by atoms with E-state index in [0.29, 0.717) is 0 Å². The van der Waals surface area contributed by atoms with Crippen molar-refractivity contribution in [3.63, 3.8) is 0 Å². The molecule has 0 saturated heterocycles. The minimum absolute atomic E-state index is 1.34. The van der Waals surface area contributed by atoms with Gasteiger partial charge in [0.25, 0.3) is 0 Å². The number of rotatable bonds is 1. The molecule has 0 fully saturated rings. The van der Waals surface area contributed by atoms with Gasteiger partial charge in [-0.15, -0.1) is 0 Å². The molecule has 0 saturated carbocycles. The SMILES string of the molecule is c1cc(-c2cccc3cscc23)c2cscc2c1. The molecule has 2 aromatic carbocycles. The molecule has 0 aliphatic rings. The van der Waals surface area contributed by atoms with Gasteiger partial charge >= 0.3 is 0 Å². The van der Waals surface area contributed by atoms with Crippen LogP contribution in [-0.4, -0.2) is 0 Å². The Morgan fingerprint density at radius 3 is 1.56 bits per heavy atom. The van der Waals surface area contributed by atoms with Crippen LogP contribution in [0, 0.1) is 0 Å². The van der Waals surface area contributed by atoms with E-state index in [1.165, 1.54) is 32.7 Å². The first-order valence-corrected chi connectivity index (χ1v) is 7.72. The lowest BCUT2D eigenvalue weighted by atomic mass is 9.98. The second-order valence-electron chi connectivity index (χ2n) is 4.36. The van der Waals surface area contributed by atoms with Crippen molar-refractivity contribution >= 4 is 44.2 Å². The minimum atomic E-state index is 1.34. The van der Waals surface area contributed by atoms with E-state index in [2.05, 4.69) is 57.9 Å². The lowest BCUT2D eigenvalue weighted by Crippen LogP contribution is -1.79. The molecule has 4 rings (SSSR count). The summed E-state index contributed by atoms with van der Waals surface area (Å²) in [6, 6.07) is 13.1. The molecule has 4 aromatic rings. The molecule has 0 bridgehead atoms. The zero-order valence-electron chi connectivity index (χ0n) is 9.59. The molecule has 0 atom stereocenters. The fourth-order valence-electron chi connectivity index (χ4n) is 2.46. The van der Waals surface area contributed by atoms with Crippen LogP contribution >= 0.6 is 22.7 Å². The molecule has 0 spiro atoms. The second kappa shape index (κ2) is 3.94. The first-order chi connectivity index (χ1) is 8.93. The van der Waals surface area contributed by atoms with Gasteiger partial charge < -0.3 is 0 Å². The Bertz CT molecular complexity index is 764. The largest absolute Gasteiger partial charge is 0.151 e. The van der Waals surface area contributed by atoms with Gasteiger partial charge in [0.1, 0.15) is 0 Å². The molecule has 2 aromatic heterocycles. The molecule has 0 unspecified atom stereocenters. The smallest absolute Gasteiger partial charge is 0.000205 e. The maximum atomic E-state index is 2.25. The molecule has 0 radical (unpaired) electrons. The number of thiophene rings is 2. The van der Waals surface area contributed by atoms with E-state index in [4.69, 9.17) is 0 Å². The molecule has 2 heterocycles. The Morgan fingerprint density at radius 2 is 1.06 bits per heavy atom. The molecule has 0 aliphatic heterocycles. The van der Waals surface area contributed by atoms with Gasteiger partial charge in [0.05, 0.1) is 0 Å². The third kappa shape index (κ3) is 1.43. The molecular weight excluding hydrogens is 256 g/mol. The van der Waals surface area contributed by atoms with Crippen molar-refractivity contribution < 1.29 is 0 Å². The molecule has 86 valence electrons. The summed E-state index contributed by atoms with van der Waals surface area (Å²) in [7, 11) is 0. The number of benzene rings is 2. The molecule has 0 aliphatic carbocycles. The Morgan fingerprint density at radius 1 is 0.556 bits per heavy atom. The highest BCUT2D eigenvalue weighted by molar-refractivity contribution is 7.09. The van der Waals surface area contributed by atoms with Crippen molar-refractivity contribution in [3.05, 3.63) is 57.9 Å². The van der Waals surface area contributed by atoms with Gasteiger partial charge in [-0.3, -0.25) is 0 Å². The summed E-state index contributed by atoms with van der Waals surface area (Å²) in [5, 5.41) is 14.3. The average molecular weight is 266 g/mol. The highest BCUT2D eigenvalue weighted by atomic mass is 32.1. The standard InChI is InChI=1S/C16H10S2/c1-3-11-7-17-9-15(11)13(5-1)14-6-2-4-12-8-18-10-16(12)14/h1-10H. The predicted octanol–water partition coefficient (Wildman–Crippen LogP) is 5.78. The third-order valence-electron chi connectivity index (χ3n) is 3.33. The zero-order valence-corrected chi connectivity index (χ0v) is 11.2. The Balaban J connectivity index is 2.13. The van der Waals surface area contributed by atoms with Gasteiger partial charge in [-0.2, -0.15) is 22.7 Å². The van der Waals surface area contributed by atoms with Gasteiger partial charge in [-0.1, -0.05) is 36.4 Å². The topological polar surface area (TPSA) is 0 Å². The minimum Gasteiger partial charge on any atom is -0.151 e. The van der Waals surface area contributed by atoms with E-state index in [9.17, 15) is 0 Å². The molecule has 0 amide bonds. The van der Waals surface area contributed by atoms with Gasteiger partial charge in [0.2, 0.25) is 0 Å². The van der Waals surface area contributed by atoms with E-state index < -0.39 is 0 Å². The maximum Gasteiger partial charge on any atom is 0.000205 e. The number of fused-ring (bicyclic) bond motifs is 2. The second-order valence-corrected chi connectivity index (χ2v) is 5.85. The van der Waals surface area contributed by atoms with Crippen molar-refractivity contribution in [1.29, 1.82) is 0 Å². The van der Waals surface area contributed by atoms with Crippen molar-refractivity contribution in [2.75, 3.05) is 0 Å². The van der Waals surface area contributed by atoms with Gasteiger partial charge in [-0.25, -0.2) is 0 Å². The highest BCUT2D eigenvalue weighted by Gasteiger charge is 2.08. The lowest BCUT2D eigenvalue weighted by Gasteiger charge is -2.05. The molecule has 0 nitrogen and oxygen atoms in total. The summed E-state index contributed by atoms with van der Waals surface area (Å²) < 4.78 is 0. The van der Waals surface area contributed by atoms with Crippen LogP contribution in [0.5, 0.6) is 0 Å². The summed E-state index contributed by atoms with van der Waals surface area (Å²) in [5.41, 5.74) is 2.69. The normalized spacial score (nSPS) is 11.3. The summed E-state index contributed by atoms with van der Waals surface area (Å²) in [6.45, 7) is 0. The quantitative estimate of drug-likeness (QED) is 0.409. The predicted molar refractivity (Wildman–Crippen MR) is 82.6 cm³/mol. The van der Waals surface area contributed by atoms with Crippen LogP contribution in [0.4, 0.5) is 0 Å². The van der Waals surface area contributed by atoms with Gasteiger partial charge in [-0.05, 0) is 43.4 Å². The summed E-state index contributed by atoms with van der Waals surface area (Å²) >= 11 is 3.54. The first kappa shape index (κ1) is 10.3. The fraction of sp³-hybridized carbons (Fsp3) is 0. The van der Waals surface area contributed by atoms with Crippen LogP contribution in [0.3, 0.4) is 0 Å². The molecular formula is C16H10S2. The van der Waals surface area contributed by atoms with Gasteiger partial charge in [0.15, 0.2) is 0 Å². The van der Waals surface area contributed by atoms with Crippen LogP contribution in [0.1, 0.15) is 0 Å². The molecule has 18 heavy (non-hydrogen) atoms. The van der Waals surface area contributed by atoms with Crippen LogP contribution < -0.4 is 0 Å². The Labute approximate surface area is 113 Å².